The van der Waals surface area contributed by atoms with Gasteiger partial charge in [0.05, 0.1) is 17.1 Å². The van der Waals surface area contributed by atoms with Gasteiger partial charge in [-0.25, -0.2) is 0 Å². The minimum absolute atomic E-state index is 0.219. The number of esters is 1. The van der Waals surface area contributed by atoms with Gasteiger partial charge in [-0.3, -0.25) is 4.79 Å². The summed E-state index contributed by atoms with van der Waals surface area (Å²) in [6, 6.07) is 5.66. The van der Waals surface area contributed by atoms with Crippen LogP contribution in [0.4, 0.5) is 0 Å². The molecule has 0 bridgehead atoms. The second kappa shape index (κ2) is 5.71. The van der Waals surface area contributed by atoms with E-state index in [1.165, 1.54) is 0 Å². The summed E-state index contributed by atoms with van der Waals surface area (Å²) in [7, 11) is 1.62. The molecule has 0 spiro atoms. The maximum absolute atomic E-state index is 11.7. The number of rotatable bonds is 3. The van der Waals surface area contributed by atoms with E-state index < -0.39 is 5.60 Å². The van der Waals surface area contributed by atoms with Gasteiger partial charge in [0, 0.05) is 0 Å². The van der Waals surface area contributed by atoms with Gasteiger partial charge in [0.1, 0.15) is 11.4 Å². The van der Waals surface area contributed by atoms with E-state index in [2.05, 4.69) is 22.6 Å². The van der Waals surface area contributed by atoms with Crippen LogP contribution in [0.1, 0.15) is 26.3 Å². The lowest BCUT2D eigenvalue weighted by molar-refractivity contribution is -0.153. The third-order valence-electron chi connectivity index (χ3n) is 2.02. The van der Waals surface area contributed by atoms with Gasteiger partial charge in [0.15, 0.2) is 0 Å². The van der Waals surface area contributed by atoms with Crippen LogP contribution < -0.4 is 4.74 Å². The third kappa shape index (κ3) is 4.53. The number of methoxy groups -OCH3 is 1. The molecule has 17 heavy (non-hydrogen) atoms. The van der Waals surface area contributed by atoms with Crippen molar-refractivity contribution in [3.8, 4) is 5.75 Å². The quantitative estimate of drug-likeness (QED) is 0.622. The first-order valence-corrected chi connectivity index (χ1v) is 6.44. The summed E-state index contributed by atoms with van der Waals surface area (Å²) in [4.78, 5) is 11.7. The SMILES string of the molecule is COc1cccc(CC(=O)OC(C)(C)C)c1I. The molecule has 0 heterocycles. The lowest BCUT2D eigenvalue weighted by Crippen LogP contribution is -2.25. The molecule has 0 aromatic heterocycles. The summed E-state index contributed by atoms with van der Waals surface area (Å²) in [5.74, 6) is 0.565. The second-order valence-electron chi connectivity index (χ2n) is 4.70. The Morgan fingerprint density at radius 2 is 2.00 bits per heavy atom. The van der Waals surface area contributed by atoms with E-state index in [1.54, 1.807) is 7.11 Å². The van der Waals surface area contributed by atoms with Crippen molar-refractivity contribution >= 4 is 28.6 Å². The van der Waals surface area contributed by atoms with Gasteiger partial charge in [-0.1, -0.05) is 12.1 Å². The Labute approximate surface area is 116 Å². The highest BCUT2D eigenvalue weighted by Crippen LogP contribution is 2.25. The maximum atomic E-state index is 11.7. The summed E-state index contributed by atoms with van der Waals surface area (Å²) in [6.07, 6.45) is 0.271. The number of benzene rings is 1. The van der Waals surface area contributed by atoms with Crippen LogP contribution in [0.5, 0.6) is 5.75 Å². The largest absolute Gasteiger partial charge is 0.496 e. The summed E-state index contributed by atoms with van der Waals surface area (Å²) >= 11 is 2.18. The van der Waals surface area contributed by atoms with Crippen molar-refractivity contribution in [1.29, 1.82) is 0 Å². The van der Waals surface area contributed by atoms with Gasteiger partial charge in [-0.2, -0.15) is 0 Å². The summed E-state index contributed by atoms with van der Waals surface area (Å²) < 4.78 is 11.5. The molecule has 1 aromatic carbocycles. The molecular weight excluding hydrogens is 331 g/mol. The van der Waals surface area contributed by atoms with Crippen LogP contribution in [-0.4, -0.2) is 18.7 Å². The van der Waals surface area contributed by atoms with E-state index in [1.807, 2.05) is 39.0 Å². The molecule has 4 heteroatoms. The normalized spacial score (nSPS) is 11.1. The number of ether oxygens (including phenoxy) is 2. The van der Waals surface area contributed by atoms with E-state index in [9.17, 15) is 4.79 Å². The molecule has 0 amide bonds. The van der Waals surface area contributed by atoms with Gasteiger partial charge in [-0.15, -0.1) is 0 Å². The second-order valence-corrected chi connectivity index (χ2v) is 5.78. The van der Waals surface area contributed by atoms with Crippen molar-refractivity contribution < 1.29 is 14.3 Å². The van der Waals surface area contributed by atoms with Crippen LogP contribution in [0.2, 0.25) is 0 Å². The molecule has 0 saturated carbocycles. The molecule has 1 rings (SSSR count). The van der Waals surface area contributed by atoms with Crippen molar-refractivity contribution in [1.82, 2.24) is 0 Å². The molecule has 0 fully saturated rings. The highest BCUT2D eigenvalue weighted by Gasteiger charge is 2.18. The average molecular weight is 348 g/mol. The minimum Gasteiger partial charge on any atom is -0.496 e. The van der Waals surface area contributed by atoms with Crippen LogP contribution in [0, 0.1) is 3.57 Å². The zero-order chi connectivity index (χ0) is 13.1. The molecule has 0 unspecified atom stereocenters. The summed E-state index contributed by atoms with van der Waals surface area (Å²) in [6.45, 7) is 5.59. The molecule has 0 aliphatic rings. The predicted octanol–water partition coefficient (Wildman–Crippen LogP) is 3.18. The van der Waals surface area contributed by atoms with Crippen molar-refractivity contribution in [3.63, 3.8) is 0 Å². The fourth-order valence-electron chi connectivity index (χ4n) is 1.38. The predicted molar refractivity (Wildman–Crippen MR) is 75.3 cm³/mol. The Kier molecular flexibility index (Phi) is 4.80. The van der Waals surface area contributed by atoms with Crippen molar-refractivity contribution in [2.45, 2.75) is 32.8 Å². The van der Waals surface area contributed by atoms with Crippen LogP contribution in [0.15, 0.2) is 18.2 Å². The number of carbonyl (C=O) groups is 1. The zero-order valence-electron chi connectivity index (χ0n) is 10.5. The molecule has 0 aliphatic carbocycles. The van der Waals surface area contributed by atoms with Crippen molar-refractivity contribution in [3.05, 3.63) is 27.3 Å². The molecule has 0 saturated heterocycles. The Morgan fingerprint density at radius 3 is 2.53 bits per heavy atom. The van der Waals surface area contributed by atoms with E-state index >= 15 is 0 Å². The van der Waals surface area contributed by atoms with Crippen LogP contribution >= 0.6 is 22.6 Å². The molecule has 0 radical (unpaired) electrons. The Morgan fingerprint density at radius 1 is 1.35 bits per heavy atom. The van der Waals surface area contributed by atoms with Crippen molar-refractivity contribution in [2.24, 2.45) is 0 Å². The zero-order valence-corrected chi connectivity index (χ0v) is 12.7. The van der Waals surface area contributed by atoms with Crippen LogP contribution in [-0.2, 0) is 16.0 Å². The number of carbonyl (C=O) groups excluding carboxylic acids is 1. The molecule has 0 N–H and O–H groups in total. The van der Waals surface area contributed by atoms with Gasteiger partial charge < -0.3 is 9.47 Å². The van der Waals surface area contributed by atoms with Gasteiger partial charge in [-0.05, 0) is 55.0 Å². The van der Waals surface area contributed by atoms with E-state index in [0.29, 0.717) is 0 Å². The molecule has 0 aliphatic heterocycles. The first kappa shape index (κ1) is 14.3. The molecule has 1 aromatic rings. The minimum atomic E-state index is -0.443. The lowest BCUT2D eigenvalue weighted by atomic mass is 10.1. The topological polar surface area (TPSA) is 35.5 Å². The first-order valence-electron chi connectivity index (χ1n) is 5.36. The summed E-state index contributed by atoms with van der Waals surface area (Å²) in [5.41, 5.74) is 0.487. The van der Waals surface area contributed by atoms with E-state index in [0.717, 1.165) is 14.9 Å². The van der Waals surface area contributed by atoms with Gasteiger partial charge in [0.2, 0.25) is 0 Å². The monoisotopic (exact) mass is 348 g/mol. The summed E-state index contributed by atoms with van der Waals surface area (Å²) in [5, 5.41) is 0. The number of halogens is 1. The number of hydrogen-bond acceptors (Lipinski definition) is 3. The maximum Gasteiger partial charge on any atom is 0.310 e. The van der Waals surface area contributed by atoms with E-state index in [-0.39, 0.29) is 12.4 Å². The van der Waals surface area contributed by atoms with Gasteiger partial charge >= 0.3 is 5.97 Å². The van der Waals surface area contributed by atoms with Crippen LogP contribution in [0.3, 0.4) is 0 Å². The third-order valence-corrected chi connectivity index (χ3v) is 3.24. The molecule has 3 nitrogen and oxygen atoms in total. The Balaban J connectivity index is 2.79. The highest BCUT2D eigenvalue weighted by molar-refractivity contribution is 14.1. The molecule has 0 atom stereocenters. The van der Waals surface area contributed by atoms with Crippen molar-refractivity contribution in [2.75, 3.05) is 7.11 Å². The first-order chi connectivity index (χ1) is 7.83. The van der Waals surface area contributed by atoms with Gasteiger partial charge in [0.25, 0.3) is 0 Å². The molecule has 94 valence electrons. The highest BCUT2D eigenvalue weighted by atomic mass is 127. The number of hydrogen-bond donors (Lipinski definition) is 0. The Bertz CT molecular complexity index is 408. The molecular formula is C13H17IO3. The van der Waals surface area contributed by atoms with Crippen LogP contribution in [0.25, 0.3) is 0 Å². The fraction of sp³-hybridized carbons (Fsp3) is 0.462. The lowest BCUT2D eigenvalue weighted by Gasteiger charge is -2.19. The standard InChI is InChI=1S/C13H17IO3/c1-13(2,3)17-11(15)8-9-6-5-7-10(16-4)12(9)14/h5-7H,8H2,1-4H3. The fourth-order valence-corrected chi connectivity index (χ4v) is 2.15. The average Bonchev–Trinajstić information content (AvgIpc) is 2.18. The Hall–Kier alpha value is -0.780. The smallest absolute Gasteiger partial charge is 0.310 e. The van der Waals surface area contributed by atoms with E-state index in [4.69, 9.17) is 9.47 Å².